The van der Waals surface area contributed by atoms with E-state index in [1.165, 1.54) is 6.07 Å². The van der Waals surface area contributed by atoms with E-state index in [0.29, 0.717) is 4.90 Å². The Balaban J connectivity index is 2.66. The molecule has 2 rings (SSSR count). The summed E-state index contributed by atoms with van der Waals surface area (Å²) < 4.78 is 13.1. The summed E-state index contributed by atoms with van der Waals surface area (Å²) >= 11 is 0.719. The second-order valence-electron chi connectivity index (χ2n) is 2.51. The van der Waals surface area contributed by atoms with Crippen LogP contribution in [0.15, 0.2) is 28.9 Å². The first-order chi connectivity index (χ1) is 5.77. The smallest absolute Gasteiger partial charge is 0.136 e. The third kappa shape index (κ3) is 1.16. The molecule has 62 valence electrons. The van der Waals surface area contributed by atoms with Crippen molar-refractivity contribution in [2.24, 2.45) is 0 Å². The van der Waals surface area contributed by atoms with Crippen molar-refractivity contribution >= 4 is 22.8 Å². The molecule has 1 nitrogen and oxygen atoms in total. The highest BCUT2D eigenvalue weighted by Crippen LogP contribution is 2.26. The second kappa shape index (κ2) is 2.75. The van der Waals surface area contributed by atoms with E-state index >= 15 is 0 Å². The number of allylic oxidation sites excluding steroid dienone is 1. The van der Waals surface area contributed by atoms with Crippen molar-refractivity contribution in [1.29, 1.82) is 0 Å². The number of halogens is 1. The van der Waals surface area contributed by atoms with Crippen molar-refractivity contribution in [3.63, 3.8) is 0 Å². The zero-order valence-electron chi connectivity index (χ0n) is 6.16. The Morgan fingerprint density at radius 2 is 2.17 bits per heavy atom. The van der Waals surface area contributed by atoms with Gasteiger partial charge >= 0.3 is 0 Å². The van der Waals surface area contributed by atoms with Crippen LogP contribution in [-0.2, 0) is 0 Å². The van der Waals surface area contributed by atoms with Crippen LogP contribution in [0.5, 0.6) is 0 Å². The molecule has 1 aliphatic rings. The normalized spacial score (nSPS) is 14.6. The highest BCUT2D eigenvalue weighted by atomic mass is 32.1. The van der Waals surface area contributed by atoms with Crippen LogP contribution < -0.4 is 0 Å². The lowest BCUT2D eigenvalue weighted by molar-refractivity contribution is 0.452. The van der Waals surface area contributed by atoms with E-state index in [1.54, 1.807) is 23.6 Å². The van der Waals surface area contributed by atoms with Gasteiger partial charge in [0, 0.05) is 10.3 Å². The molecule has 0 amide bonds. The Morgan fingerprint density at radius 1 is 1.33 bits per heavy atom. The molecule has 1 N–H and O–H groups in total. The highest BCUT2D eigenvalue weighted by Gasteiger charge is 2.07. The van der Waals surface area contributed by atoms with Gasteiger partial charge in [0.15, 0.2) is 0 Å². The van der Waals surface area contributed by atoms with Crippen LogP contribution in [0.1, 0.15) is 5.56 Å². The Hall–Kier alpha value is -1.09. The average molecular weight is 182 g/mol. The first kappa shape index (κ1) is 7.55. The van der Waals surface area contributed by atoms with Gasteiger partial charge in [0.2, 0.25) is 0 Å². The molecule has 1 aliphatic heterocycles. The second-order valence-corrected chi connectivity index (χ2v) is 3.47. The summed E-state index contributed by atoms with van der Waals surface area (Å²) in [6.07, 6.45) is 1.56. The van der Waals surface area contributed by atoms with Gasteiger partial charge < -0.3 is 5.11 Å². The first-order valence-corrected chi connectivity index (χ1v) is 4.47. The fraction of sp³-hybridized carbons (Fsp3) is 0. The van der Waals surface area contributed by atoms with Crippen LogP contribution >= 0.6 is 11.4 Å². The molecule has 0 spiro atoms. The number of aliphatic hydroxyl groups excluding tert-OH is 1. The fourth-order valence-electron chi connectivity index (χ4n) is 1.11. The van der Waals surface area contributed by atoms with Gasteiger partial charge in [-0.3, -0.25) is 0 Å². The monoisotopic (exact) mass is 182 g/mol. The molecule has 0 atom stereocenters. The molecule has 1 heterocycles. The van der Waals surface area contributed by atoms with E-state index in [4.69, 9.17) is 5.11 Å². The Kier molecular flexibility index (Phi) is 1.73. The van der Waals surface area contributed by atoms with Crippen molar-refractivity contribution in [2.45, 2.75) is 4.90 Å². The summed E-state index contributed by atoms with van der Waals surface area (Å²) in [4.78, 5) is 0.635. The van der Waals surface area contributed by atoms with E-state index in [1.807, 2.05) is 0 Å². The molecule has 0 bridgehead atoms. The third-order valence-electron chi connectivity index (χ3n) is 1.65. The minimum atomic E-state index is -0.214. The van der Waals surface area contributed by atoms with Crippen molar-refractivity contribution < 1.29 is 9.50 Å². The van der Waals surface area contributed by atoms with E-state index < -0.39 is 0 Å². The van der Waals surface area contributed by atoms with E-state index in [9.17, 15) is 4.39 Å². The molecule has 1 aromatic carbocycles. The number of fused-ring (bicyclic) bond motifs is 1. The zero-order chi connectivity index (χ0) is 8.55. The first-order valence-electron chi connectivity index (χ1n) is 3.50. The number of aliphatic hydroxyl groups is 1. The Bertz CT molecular complexity index is 382. The largest absolute Gasteiger partial charge is 0.507 e. The number of hydrogen-bond acceptors (Lipinski definition) is 1. The standard InChI is InChI=1S/C9H7FOS/c10-8-3-1-2-6-4-7(11)5-12-9(6)8/h1-5,11-12H. The maximum absolute atomic E-state index is 13.1. The number of rotatable bonds is 0. The molecule has 12 heavy (non-hydrogen) atoms. The van der Waals surface area contributed by atoms with Crippen molar-refractivity contribution in [1.82, 2.24) is 0 Å². The predicted molar refractivity (Wildman–Crippen MR) is 50.3 cm³/mol. The third-order valence-corrected chi connectivity index (χ3v) is 2.77. The Morgan fingerprint density at radius 3 is 3.00 bits per heavy atom. The van der Waals surface area contributed by atoms with Crippen LogP contribution in [0.25, 0.3) is 6.08 Å². The van der Waals surface area contributed by atoms with Gasteiger partial charge in [0.05, 0.1) is 0 Å². The van der Waals surface area contributed by atoms with E-state index in [0.717, 1.165) is 16.9 Å². The molecule has 0 saturated heterocycles. The molecule has 3 heteroatoms. The molecule has 0 aliphatic carbocycles. The zero-order valence-corrected chi connectivity index (χ0v) is 7.05. The number of hydrogen-bond donors (Lipinski definition) is 2. The van der Waals surface area contributed by atoms with Gasteiger partial charge in [-0.25, -0.2) is 4.39 Å². The lowest BCUT2D eigenvalue weighted by Crippen LogP contribution is -1.91. The quantitative estimate of drug-likeness (QED) is 0.466. The SMILES string of the molecule is OC1=Cc2cccc(F)c2[SH]=C1. The molecular weight excluding hydrogens is 175 g/mol. The molecule has 0 aromatic heterocycles. The van der Waals surface area contributed by atoms with Crippen LogP contribution in [0.2, 0.25) is 0 Å². The van der Waals surface area contributed by atoms with Crippen LogP contribution in [-0.4, -0.2) is 10.5 Å². The summed E-state index contributed by atoms with van der Waals surface area (Å²) in [6.45, 7) is 0. The minimum Gasteiger partial charge on any atom is -0.507 e. The van der Waals surface area contributed by atoms with Gasteiger partial charge in [-0.1, -0.05) is 12.1 Å². The minimum absolute atomic E-state index is 0.203. The lowest BCUT2D eigenvalue weighted by Gasteiger charge is -2.07. The number of thiol groups is 1. The average Bonchev–Trinajstić information content (AvgIpc) is 2.04. The maximum Gasteiger partial charge on any atom is 0.136 e. The van der Waals surface area contributed by atoms with Gasteiger partial charge in [0.1, 0.15) is 11.6 Å². The van der Waals surface area contributed by atoms with Gasteiger partial charge in [0.25, 0.3) is 0 Å². The summed E-state index contributed by atoms with van der Waals surface area (Å²) in [5.41, 5.74) is 0.761. The summed E-state index contributed by atoms with van der Waals surface area (Å²) in [5, 5.41) is 10.7. The lowest BCUT2D eigenvalue weighted by atomic mass is 10.2. The van der Waals surface area contributed by atoms with Crippen molar-refractivity contribution in [3.05, 3.63) is 35.3 Å². The molecule has 0 radical (unpaired) electrons. The van der Waals surface area contributed by atoms with Crippen LogP contribution in [0.3, 0.4) is 0 Å². The van der Waals surface area contributed by atoms with Crippen molar-refractivity contribution in [3.8, 4) is 0 Å². The number of benzene rings is 1. The van der Waals surface area contributed by atoms with E-state index in [2.05, 4.69) is 0 Å². The maximum atomic E-state index is 13.1. The molecule has 0 saturated carbocycles. The van der Waals surface area contributed by atoms with E-state index in [-0.39, 0.29) is 11.6 Å². The molecule has 0 unspecified atom stereocenters. The summed E-state index contributed by atoms with van der Waals surface area (Å²) in [6, 6.07) is 4.85. The van der Waals surface area contributed by atoms with Crippen LogP contribution in [0.4, 0.5) is 4.39 Å². The summed E-state index contributed by atoms with van der Waals surface area (Å²) in [5.74, 6) is -0.0102. The van der Waals surface area contributed by atoms with Gasteiger partial charge in [-0.2, -0.15) is 11.4 Å². The molecule has 1 aromatic rings. The fourth-order valence-corrected chi connectivity index (χ4v) is 1.93. The molecule has 0 fully saturated rings. The topological polar surface area (TPSA) is 20.2 Å². The van der Waals surface area contributed by atoms with Crippen LogP contribution in [0, 0.1) is 5.82 Å². The van der Waals surface area contributed by atoms with Gasteiger partial charge in [-0.15, -0.1) is 0 Å². The Labute approximate surface area is 73.1 Å². The van der Waals surface area contributed by atoms with Crippen molar-refractivity contribution in [2.75, 3.05) is 0 Å². The molecular formula is C9H7FOS. The van der Waals surface area contributed by atoms with Gasteiger partial charge in [-0.05, 0) is 17.7 Å². The summed E-state index contributed by atoms with van der Waals surface area (Å²) in [7, 11) is 0. The highest BCUT2D eigenvalue weighted by molar-refractivity contribution is 7.98. The predicted octanol–water partition coefficient (Wildman–Crippen LogP) is 2.36.